The fourth-order valence-corrected chi connectivity index (χ4v) is 1.85. The van der Waals surface area contributed by atoms with Crippen LogP contribution in [0.4, 0.5) is 0 Å². The zero-order valence-electron chi connectivity index (χ0n) is 9.81. The lowest BCUT2D eigenvalue weighted by Crippen LogP contribution is -2.24. The molecule has 8 heteroatoms. The predicted octanol–water partition coefficient (Wildman–Crippen LogP) is 0.102. The molecule has 0 saturated heterocycles. The number of nitrogens with zero attached hydrogens (tertiary/aromatic N) is 4. The summed E-state index contributed by atoms with van der Waals surface area (Å²) in [6, 6.07) is 3.62. The van der Waals surface area contributed by atoms with E-state index < -0.39 is 10.0 Å². The molecule has 0 radical (unpaired) electrons. The van der Waals surface area contributed by atoms with E-state index in [0.717, 1.165) is 5.69 Å². The largest absolute Gasteiger partial charge is 0.262 e. The van der Waals surface area contributed by atoms with Gasteiger partial charge in [0.1, 0.15) is 0 Å². The molecule has 18 heavy (non-hydrogen) atoms. The first-order valence-corrected chi connectivity index (χ1v) is 7.05. The molecule has 2 heterocycles. The van der Waals surface area contributed by atoms with Gasteiger partial charge in [-0.1, -0.05) is 5.21 Å². The summed E-state index contributed by atoms with van der Waals surface area (Å²) < 4.78 is 26.5. The van der Waals surface area contributed by atoms with Crippen LogP contribution in [-0.4, -0.2) is 34.1 Å². The Hall–Kier alpha value is -1.80. The minimum atomic E-state index is -3.21. The average molecular weight is 267 g/mol. The van der Waals surface area contributed by atoms with Crippen molar-refractivity contribution < 1.29 is 8.42 Å². The Balaban J connectivity index is 2.08. The maximum absolute atomic E-state index is 11.3. The number of hydrogen-bond donors (Lipinski definition) is 1. The molecular formula is C10H13N5O2S. The smallest absolute Gasteiger partial charge is 0.211 e. The lowest BCUT2D eigenvalue weighted by molar-refractivity contribution is 0.581. The van der Waals surface area contributed by atoms with Crippen molar-refractivity contribution in [3.63, 3.8) is 0 Å². The molecule has 0 atom stereocenters. The molecule has 2 aromatic heterocycles. The number of hydrogen-bond acceptors (Lipinski definition) is 5. The lowest BCUT2D eigenvalue weighted by atomic mass is 10.4. The van der Waals surface area contributed by atoms with Crippen LogP contribution < -0.4 is 4.72 Å². The zero-order chi connectivity index (χ0) is 13.0. The standard InChI is InChI=1S/C10H13N5O2S/c1-2-18(16,17)12-6-9-8-15(14-13-9)10-4-3-5-11-7-10/h3-5,7-8,12H,2,6H2,1H3. The van der Waals surface area contributed by atoms with E-state index in [-0.39, 0.29) is 12.3 Å². The van der Waals surface area contributed by atoms with Crippen LogP contribution in [0.5, 0.6) is 0 Å². The van der Waals surface area contributed by atoms with Crippen molar-refractivity contribution in [2.75, 3.05) is 5.75 Å². The van der Waals surface area contributed by atoms with E-state index in [1.165, 1.54) is 0 Å². The monoisotopic (exact) mass is 267 g/mol. The van der Waals surface area contributed by atoms with Gasteiger partial charge in [-0.2, -0.15) is 0 Å². The lowest BCUT2D eigenvalue weighted by Gasteiger charge is -2.00. The van der Waals surface area contributed by atoms with Crippen molar-refractivity contribution >= 4 is 10.0 Å². The number of nitrogens with one attached hydrogen (secondary N) is 1. The molecule has 0 fully saturated rings. The fourth-order valence-electron chi connectivity index (χ4n) is 1.28. The van der Waals surface area contributed by atoms with E-state index in [0.29, 0.717) is 5.69 Å². The predicted molar refractivity (Wildman–Crippen MR) is 65.5 cm³/mol. The topological polar surface area (TPSA) is 89.8 Å². The van der Waals surface area contributed by atoms with E-state index in [2.05, 4.69) is 20.0 Å². The molecular weight excluding hydrogens is 254 g/mol. The van der Waals surface area contributed by atoms with Crippen LogP contribution in [0.2, 0.25) is 0 Å². The molecule has 0 amide bonds. The van der Waals surface area contributed by atoms with Crippen LogP contribution in [0.3, 0.4) is 0 Å². The van der Waals surface area contributed by atoms with E-state index in [9.17, 15) is 8.42 Å². The minimum absolute atomic E-state index is 0.0454. The first kappa shape index (κ1) is 12.7. The number of pyridine rings is 1. The molecule has 2 rings (SSSR count). The second-order valence-corrected chi connectivity index (χ2v) is 5.69. The molecule has 96 valence electrons. The van der Waals surface area contributed by atoms with Gasteiger partial charge >= 0.3 is 0 Å². The van der Waals surface area contributed by atoms with Crippen LogP contribution >= 0.6 is 0 Å². The van der Waals surface area contributed by atoms with Crippen LogP contribution in [0.25, 0.3) is 5.69 Å². The summed E-state index contributed by atoms with van der Waals surface area (Å²) in [5.41, 5.74) is 1.32. The van der Waals surface area contributed by atoms with Crippen LogP contribution in [0, 0.1) is 0 Å². The van der Waals surface area contributed by atoms with Gasteiger partial charge < -0.3 is 0 Å². The Labute approximate surface area is 105 Å². The Morgan fingerprint density at radius 3 is 2.94 bits per heavy atom. The quantitative estimate of drug-likeness (QED) is 0.830. The van der Waals surface area contributed by atoms with Crippen molar-refractivity contribution in [2.24, 2.45) is 0 Å². The molecule has 0 aliphatic rings. The van der Waals surface area contributed by atoms with E-state index >= 15 is 0 Å². The van der Waals surface area contributed by atoms with Gasteiger partial charge in [0.2, 0.25) is 10.0 Å². The summed E-state index contributed by atoms with van der Waals surface area (Å²) >= 11 is 0. The molecule has 1 N–H and O–H groups in total. The van der Waals surface area contributed by atoms with Gasteiger partial charge in [-0.25, -0.2) is 17.8 Å². The Morgan fingerprint density at radius 2 is 2.28 bits per heavy atom. The molecule has 0 bridgehead atoms. The highest BCUT2D eigenvalue weighted by Gasteiger charge is 2.08. The molecule has 0 aliphatic heterocycles. The van der Waals surface area contributed by atoms with Gasteiger partial charge in [0.25, 0.3) is 0 Å². The molecule has 0 unspecified atom stereocenters. The SMILES string of the molecule is CCS(=O)(=O)NCc1cn(-c2cccnc2)nn1. The Bertz CT molecular complexity index is 608. The highest BCUT2D eigenvalue weighted by atomic mass is 32.2. The van der Waals surface area contributed by atoms with Gasteiger partial charge in [-0.3, -0.25) is 4.98 Å². The third-order valence-corrected chi connectivity index (χ3v) is 3.65. The molecule has 0 saturated carbocycles. The Kier molecular flexibility index (Phi) is 3.68. The maximum atomic E-state index is 11.3. The van der Waals surface area contributed by atoms with Gasteiger partial charge in [0.15, 0.2) is 0 Å². The first-order chi connectivity index (χ1) is 8.61. The first-order valence-electron chi connectivity index (χ1n) is 5.39. The highest BCUT2D eigenvalue weighted by Crippen LogP contribution is 2.04. The summed E-state index contributed by atoms with van der Waals surface area (Å²) in [5.74, 6) is 0.0454. The van der Waals surface area contributed by atoms with Crippen molar-refractivity contribution in [2.45, 2.75) is 13.5 Å². The third kappa shape index (κ3) is 3.11. The fraction of sp³-hybridized carbons (Fsp3) is 0.300. The number of aromatic nitrogens is 4. The van der Waals surface area contributed by atoms with Crippen LogP contribution in [0.1, 0.15) is 12.6 Å². The summed E-state index contributed by atoms with van der Waals surface area (Å²) in [6.45, 7) is 1.71. The zero-order valence-corrected chi connectivity index (χ0v) is 10.6. The van der Waals surface area contributed by atoms with Crippen molar-refractivity contribution in [3.05, 3.63) is 36.4 Å². The van der Waals surface area contributed by atoms with Crippen molar-refractivity contribution in [3.8, 4) is 5.69 Å². The van der Waals surface area contributed by atoms with Gasteiger partial charge in [-0.15, -0.1) is 5.10 Å². The molecule has 7 nitrogen and oxygen atoms in total. The molecule has 2 aromatic rings. The average Bonchev–Trinajstić information content (AvgIpc) is 2.86. The summed E-state index contributed by atoms with van der Waals surface area (Å²) in [4.78, 5) is 3.97. The number of sulfonamides is 1. The third-order valence-electron chi connectivity index (χ3n) is 2.30. The van der Waals surface area contributed by atoms with Gasteiger partial charge in [0.05, 0.1) is 36.1 Å². The summed E-state index contributed by atoms with van der Waals surface area (Å²) in [5, 5.41) is 7.79. The minimum Gasteiger partial charge on any atom is -0.262 e. The van der Waals surface area contributed by atoms with Crippen molar-refractivity contribution in [1.82, 2.24) is 24.7 Å². The second-order valence-electron chi connectivity index (χ2n) is 3.59. The maximum Gasteiger partial charge on any atom is 0.211 e. The highest BCUT2D eigenvalue weighted by molar-refractivity contribution is 7.89. The van der Waals surface area contributed by atoms with E-state index in [1.807, 2.05) is 6.07 Å². The Morgan fingerprint density at radius 1 is 1.44 bits per heavy atom. The van der Waals surface area contributed by atoms with Gasteiger partial charge in [0, 0.05) is 6.20 Å². The summed E-state index contributed by atoms with van der Waals surface area (Å²) in [6.07, 6.45) is 4.97. The van der Waals surface area contributed by atoms with E-state index in [1.54, 1.807) is 36.3 Å². The molecule has 0 aromatic carbocycles. The van der Waals surface area contributed by atoms with Crippen molar-refractivity contribution in [1.29, 1.82) is 0 Å². The van der Waals surface area contributed by atoms with Gasteiger partial charge in [-0.05, 0) is 19.1 Å². The van der Waals surface area contributed by atoms with Crippen LogP contribution in [-0.2, 0) is 16.6 Å². The molecule has 0 spiro atoms. The normalized spacial score (nSPS) is 11.6. The molecule has 0 aliphatic carbocycles. The number of rotatable bonds is 5. The summed E-state index contributed by atoms with van der Waals surface area (Å²) in [7, 11) is -3.21. The second kappa shape index (κ2) is 5.23. The van der Waals surface area contributed by atoms with Crippen LogP contribution in [0.15, 0.2) is 30.7 Å². The van der Waals surface area contributed by atoms with E-state index in [4.69, 9.17) is 0 Å².